The van der Waals surface area contributed by atoms with Gasteiger partial charge < -0.3 is 4.57 Å². The fourth-order valence-corrected chi connectivity index (χ4v) is 2.32. The van der Waals surface area contributed by atoms with E-state index in [1.807, 2.05) is 0 Å². The second-order valence-corrected chi connectivity index (χ2v) is 6.98. The highest BCUT2D eigenvalue weighted by Gasteiger charge is 2.34. The predicted molar refractivity (Wildman–Crippen MR) is 54.9 cm³/mol. The lowest BCUT2D eigenvalue weighted by Crippen LogP contribution is -2.28. The van der Waals surface area contributed by atoms with Crippen LogP contribution in [0, 0.1) is 6.92 Å². The van der Waals surface area contributed by atoms with Crippen molar-refractivity contribution >= 4 is 9.84 Å². The molecular weight excluding hydrogens is 200 g/mol. The number of aromatic nitrogens is 2. The zero-order valence-electron chi connectivity index (χ0n) is 9.20. The summed E-state index contributed by atoms with van der Waals surface area (Å²) in [7, 11) is -1.54. The van der Waals surface area contributed by atoms with Gasteiger partial charge in [-0.2, -0.15) is 0 Å². The Morgan fingerprint density at radius 1 is 1.36 bits per heavy atom. The van der Waals surface area contributed by atoms with Crippen LogP contribution in [0.1, 0.15) is 26.5 Å². The minimum atomic E-state index is -3.32. The smallest absolute Gasteiger partial charge is 0.202 e. The first-order valence-electron chi connectivity index (χ1n) is 4.40. The van der Waals surface area contributed by atoms with Gasteiger partial charge in [0, 0.05) is 7.05 Å². The number of sulfone groups is 1. The third-order valence-corrected chi connectivity index (χ3v) is 4.77. The summed E-state index contributed by atoms with van der Waals surface area (Å²) in [6.07, 6.45) is 1.52. The molecule has 0 aliphatic carbocycles. The average Bonchev–Trinajstić information content (AvgIpc) is 2.30. The molecule has 80 valence electrons. The van der Waals surface area contributed by atoms with E-state index in [0.29, 0.717) is 5.69 Å². The third kappa shape index (κ3) is 1.56. The normalized spacial score (nSPS) is 13.2. The maximum atomic E-state index is 12.0. The van der Waals surface area contributed by atoms with Crippen LogP contribution in [0.15, 0.2) is 11.4 Å². The standard InChI is InChI=1S/C9H16N2O2S/c1-7-8(10-6-11(7)5)14(12,13)9(2,3)4/h6H,1-5H3. The minimum Gasteiger partial charge on any atom is -0.337 e. The lowest BCUT2D eigenvalue weighted by atomic mass is 10.3. The van der Waals surface area contributed by atoms with E-state index in [1.165, 1.54) is 6.33 Å². The van der Waals surface area contributed by atoms with E-state index in [4.69, 9.17) is 0 Å². The van der Waals surface area contributed by atoms with Crippen molar-refractivity contribution in [2.45, 2.75) is 37.5 Å². The van der Waals surface area contributed by atoms with Gasteiger partial charge in [-0.25, -0.2) is 13.4 Å². The number of hydrogen-bond acceptors (Lipinski definition) is 3. The summed E-state index contributed by atoms with van der Waals surface area (Å²) in [5.41, 5.74) is 0.680. The lowest BCUT2D eigenvalue weighted by molar-refractivity contribution is 0.556. The van der Waals surface area contributed by atoms with Crippen molar-refractivity contribution in [3.63, 3.8) is 0 Å². The van der Waals surface area contributed by atoms with Gasteiger partial charge in [0.25, 0.3) is 0 Å². The molecule has 0 saturated heterocycles. The molecule has 0 fully saturated rings. The van der Waals surface area contributed by atoms with E-state index >= 15 is 0 Å². The molecule has 0 saturated carbocycles. The Bertz CT molecular complexity index is 438. The molecule has 0 radical (unpaired) electrons. The van der Waals surface area contributed by atoms with E-state index in [9.17, 15) is 8.42 Å². The van der Waals surface area contributed by atoms with E-state index in [1.54, 1.807) is 39.3 Å². The number of imidazole rings is 1. The summed E-state index contributed by atoms with van der Waals surface area (Å²) in [6.45, 7) is 6.79. The van der Waals surface area contributed by atoms with Crippen LogP contribution in [-0.4, -0.2) is 22.7 Å². The van der Waals surface area contributed by atoms with Crippen LogP contribution in [0.5, 0.6) is 0 Å². The molecule has 1 rings (SSSR count). The molecule has 1 heterocycles. The van der Waals surface area contributed by atoms with Crippen molar-refractivity contribution in [3.8, 4) is 0 Å². The lowest BCUT2D eigenvalue weighted by Gasteiger charge is -2.17. The highest BCUT2D eigenvalue weighted by molar-refractivity contribution is 7.92. The minimum absolute atomic E-state index is 0.188. The van der Waals surface area contributed by atoms with Gasteiger partial charge in [0.2, 0.25) is 9.84 Å². The van der Waals surface area contributed by atoms with Gasteiger partial charge >= 0.3 is 0 Å². The third-order valence-electron chi connectivity index (χ3n) is 2.25. The van der Waals surface area contributed by atoms with Crippen molar-refractivity contribution in [3.05, 3.63) is 12.0 Å². The van der Waals surface area contributed by atoms with Crippen LogP contribution in [0.4, 0.5) is 0 Å². The monoisotopic (exact) mass is 216 g/mol. The van der Waals surface area contributed by atoms with E-state index in [0.717, 1.165) is 0 Å². The molecule has 0 aliphatic rings. The first-order chi connectivity index (χ1) is 6.18. The molecule has 0 aliphatic heterocycles. The number of aryl methyl sites for hydroxylation is 1. The van der Waals surface area contributed by atoms with Crippen LogP contribution < -0.4 is 0 Å². The van der Waals surface area contributed by atoms with Gasteiger partial charge in [0.05, 0.1) is 16.8 Å². The zero-order valence-corrected chi connectivity index (χ0v) is 10.0. The number of rotatable bonds is 1. The highest BCUT2D eigenvalue weighted by atomic mass is 32.2. The summed E-state index contributed by atoms with van der Waals surface area (Å²) in [6, 6.07) is 0. The van der Waals surface area contributed by atoms with Crippen LogP contribution >= 0.6 is 0 Å². The van der Waals surface area contributed by atoms with Crippen molar-refractivity contribution in [2.24, 2.45) is 7.05 Å². The molecule has 14 heavy (non-hydrogen) atoms. The molecule has 0 unspecified atom stereocenters. The van der Waals surface area contributed by atoms with Gasteiger partial charge in [-0.3, -0.25) is 0 Å². The van der Waals surface area contributed by atoms with Crippen molar-refractivity contribution in [1.82, 2.24) is 9.55 Å². The Kier molecular flexibility index (Phi) is 2.48. The second-order valence-electron chi connectivity index (χ2n) is 4.36. The Balaban J connectivity index is 3.39. The van der Waals surface area contributed by atoms with Crippen LogP contribution in [-0.2, 0) is 16.9 Å². The molecule has 0 spiro atoms. The molecule has 1 aromatic rings. The van der Waals surface area contributed by atoms with Crippen LogP contribution in [0.25, 0.3) is 0 Å². The first kappa shape index (κ1) is 11.2. The zero-order chi connectivity index (χ0) is 11.1. The molecule has 1 aromatic heterocycles. The molecule has 0 N–H and O–H groups in total. The molecule has 0 atom stereocenters. The summed E-state index contributed by atoms with van der Waals surface area (Å²) in [4.78, 5) is 3.93. The SMILES string of the molecule is Cc1c(S(=O)(=O)C(C)(C)C)ncn1C. The molecule has 5 heteroatoms. The Morgan fingerprint density at radius 2 is 1.86 bits per heavy atom. The Labute approximate surface area is 84.9 Å². The molecular formula is C9H16N2O2S. The fourth-order valence-electron chi connectivity index (χ4n) is 1.02. The Hall–Kier alpha value is -0.840. The molecule has 4 nitrogen and oxygen atoms in total. The topological polar surface area (TPSA) is 52.0 Å². The van der Waals surface area contributed by atoms with E-state index < -0.39 is 14.6 Å². The quantitative estimate of drug-likeness (QED) is 0.711. The van der Waals surface area contributed by atoms with Crippen LogP contribution in [0.3, 0.4) is 0 Å². The second kappa shape index (κ2) is 3.08. The van der Waals surface area contributed by atoms with E-state index in [-0.39, 0.29) is 5.03 Å². The first-order valence-corrected chi connectivity index (χ1v) is 5.89. The molecule has 0 aromatic carbocycles. The van der Waals surface area contributed by atoms with Gasteiger partial charge in [-0.05, 0) is 27.7 Å². The summed E-state index contributed by atoms with van der Waals surface area (Å²) < 4.78 is 24.9. The molecule has 0 bridgehead atoms. The maximum absolute atomic E-state index is 12.0. The van der Waals surface area contributed by atoms with Crippen molar-refractivity contribution < 1.29 is 8.42 Å². The van der Waals surface area contributed by atoms with Crippen LogP contribution in [0.2, 0.25) is 0 Å². The summed E-state index contributed by atoms with van der Waals surface area (Å²) in [5, 5.41) is 0.188. The van der Waals surface area contributed by atoms with Crippen molar-refractivity contribution in [2.75, 3.05) is 0 Å². The number of hydrogen-bond donors (Lipinski definition) is 0. The van der Waals surface area contributed by atoms with E-state index in [2.05, 4.69) is 4.98 Å². The van der Waals surface area contributed by atoms with Gasteiger partial charge in [0.15, 0.2) is 5.03 Å². The molecule has 0 amide bonds. The van der Waals surface area contributed by atoms with Gasteiger partial charge in [-0.15, -0.1) is 0 Å². The average molecular weight is 216 g/mol. The summed E-state index contributed by atoms with van der Waals surface area (Å²) >= 11 is 0. The van der Waals surface area contributed by atoms with Crippen molar-refractivity contribution in [1.29, 1.82) is 0 Å². The summed E-state index contributed by atoms with van der Waals surface area (Å²) in [5.74, 6) is 0. The fraction of sp³-hybridized carbons (Fsp3) is 0.667. The maximum Gasteiger partial charge on any atom is 0.202 e. The highest BCUT2D eigenvalue weighted by Crippen LogP contribution is 2.25. The van der Waals surface area contributed by atoms with Gasteiger partial charge in [0.1, 0.15) is 0 Å². The number of nitrogens with zero attached hydrogens (tertiary/aromatic N) is 2. The van der Waals surface area contributed by atoms with Gasteiger partial charge in [-0.1, -0.05) is 0 Å². The largest absolute Gasteiger partial charge is 0.337 e. The Morgan fingerprint density at radius 3 is 2.14 bits per heavy atom. The predicted octanol–water partition coefficient (Wildman–Crippen LogP) is 1.30.